The number of benzene rings is 1. The Labute approximate surface area is 191 Å². The molecular formula is C25H25N5O3. The van der Waals surface area contributed by atoms with Gasteiger partial charge in [-0.25, -0.2) is 9.67 Å². The molecule has 8 heteroatoms. The summed E-state index contributed by atoms with van der Waals surface area (Å²) in [5.74, 6) is 1.44. The van der Waals surface area contributed by atoms with Gasteiger partial charge >= 0.3 is 0 Å². The quantitative estimate of drug-likeness (QED) is 0.413. The number of carbonyl (C=O) groups excluding carboxylic acids is 1. The summed E-state index contributed by atoms with van der Waals surface area (Å²) >= 11 is 0. The number of rotatable bonds is 8. The van der Waals surface area contributed by atoms with Gasteiger partial charge in [0.1, 0.15) is 11.5 Å². The molecule has 1 aliphatic rings. The second kappa shape index (κ2) is 8.90. The molecule has 1 saturated carbocycles. The fourth-order valence-electron chi connectivity index (χ4n) is 3.96. The van der Waals surface area contributed by atoms with Gasteiger partial charge in [0.2, 0.25) is 0 Å². The molecule has 0 N–H and O–H groups in total. The van der Waals surface area contributed by atoms with Crippen LogP contribution in [0.5, 0.6) is 11.5 Å². The minimum absolute atomic E-state index is 0.0136. The Balaban J connectivity index is 1.39. The van der Waals surface area contributed by atoms with Crippen molar-refractivity contribution >= 4 is 16.9 Å². The summed E-state index contributed by atoms with van der Waals surface area (Å²) < 4.78 is 12.6. The lowest BCUT2D eigenvalue weighted by molar-refractivity contribution is 0.0729. The molecule has 0 unspecified atom stereocenters. The Bertz CT molecular complexity index is 1280. The number of ether oxygens (including phenoxy) is 2. The van der Waals surface area contributed by atoms with Crippen molar-refractivity contribution in [2.24, 2.45) is 0 Å². The van der Waals surface area contributed by atoms with Gasteiger partial charge < -0.3 is 14.4 Å². The summed E-state index contributed by atoms with van der Waals surface area (Å²) in [5, 5.41) is 5.33. The topological polar surface area (TPSA) is 82.4 Å². The maximum atomic E-state index is 13.3. The molecule has 1 fully saturated rings. The van der Waals surface area contributed by atoms with Gasteiger partial charge in [-0.2, -0.15) is 5.10 Å². The molecule has 168 valence electrons. The first-order valence-electron chi connectivity index (χ1n) is 10.9. The highest BCUT2D eigenvalue weighted by Gasteiger charge is 2.33. The zero-order valence-electron chi connectivity index (χ0n) is 18.6. The van der Waals surface area contributed by atoms with E-state index in [1.807, 2.05) is 52.2 Å². The maximum absolute atomic E-state index is 13.3. The van der Waals surface area contributed by atoms with E-state index in [-0.39, 0.29) is 11.9 Å². The van der Waals surface area contributed by atoms with Crippen molar-refractivity contribution in [1.82, 2.24) is 24.6 Å². The van der Waals surface area contributed by atoms with Crippen LogP contribution in [0.15, 0.2) is 61.2 Å². The highest BCUT2D eigenvalue weighted by Crippen LogP contribution is 2.30. The molecule has 4 aromatic rings. The summed E-state index contributed by atoms with van der Waals surface area (Å²) in [5.41, 5.74) is 3.27. The van der Waals surface area contributed by atoms with Gasteiger partial charge in [0.15, 0.2) is 5.65 Å². The van der Waals surface area contributed by atoms with E-state index in [0.29, 0.717) is 18.7 Å². The van der Waals surface area contributed by atoms with Gasteiger partial charge in [0.05, 0.1) is 32.5 Å². The first-order chi connectivity index (χ1) is 16.2. The SMILES string of the molecule is COc1ccc(Cn2ncc3cc(C(=O)N(Cc4cccnc4)C4CC4)cnc32)c(OC)c1. The number of methoxy groups -OCH3 is 2. The van der Waals surface area contributed by atoms with Gasteiger partial charge in [-0.3, -0.25) is 9.78 Å². The largest absolute Gasteiger partial charge is 0.497 e. The van der Waals surface area contributed by atoms with Crippen molar-refractivity contribution in [2.75, 3.05) is 14.2 Å². The lowest BCUT2D eigenvalue weighted by Gasteiger charge is -2.22. The molecule has 0 radical (unpaired) electrons. The number of fused-ring (bicyclic) bond motifs is 1. The average Bonchev–Trinajstić information content (AvgIpc) is 3.63. The number of amides is 1. The summed E-state index contributed by atoms with van der Waals surface area (Å²) in [6.45, 7) is 1.04. The second-order valence-electron chi connectivity index (χ2n) is 8.14. The van der Waals surface area contributed by atoms with Gasteiger partial charge in [-0.15, -0.1) is 0 Å². The molecule has 3 aromatic heterocycles. The molecule has 0 saturated heterocycles. The van der Waals surface area contributed by atoms with Crippen molar-refractivity contribution in [1.29, 1.82) is 0 Å². The van der Waals surface area contributed by atoms with Crippen molar-refractivity contribution in [3.05, 3.63) is 77.9 Å². The van der Waals surface area contributed by atoms with Crippen LogP contribution in [0.2, 0.25) is 0 Å². The monoisotopic (exact) mass is 443 g/mol. The van der Waals surface area contributed by atoms with Gasteiger partial charge in [-0.05, 0) is 42.7 Å². The van der Waals surface area contributed by atoms with Crippen molar-refractivity contribution < 1.29 is 14.3 Å². The number of hydrogen-bond acceptors (Lipinski definition) is 6. The fraction of sp³-hybridized carbons (Fsp3) is 0.280. The Hall–Kier alpha value is -3.94. The number of carbonyl (C=O) groups is 1. The first-order valence-corrected chi connectivity index (χ1v) is 10.9. The molecule has 1 aromatic carbocycles. The van der Waals surface area contributed by atoms with Crippen molar-refractivity contribution in [2.45, 2.75) is 32.0 Å². The van der Waals surface area contributed by atoms with E-state index < -0.39 is 0 Å². The third-order valence-electron chi connectivity index (χ3n) is 5.86. The molecule has 0 spiro atoms. The van der Waals surface area contributed by atoms with Gasteiger partial charge in [-0.1, -0.05) is 6.07 Å². The summed E-state index contributed by atoms with van der Waals surface area (Å²) in [4.78, 5) is 24.0. The third kappa shape index (κ3) is 4.37. The van der Waals surface area contributed by atoms with Crippen LogP contribution in [0.1, 0.15) is 34.3 Å². The van der Waals surface area contributed by atoms with Gasteiger partial charge in [0, 0.05) is 48.2 Å². The van der Waals surface area contributed by atoms with E-state index >= 15 is 0 Å². The molecular weight excluding hydrogens is 418 g/mol. The highest BCUT2D eigenvalue weighted by molar-refractivity contribution is 5.97. The average molecular weight is 444 g/mol. The van der Waals surface area contributed by atoms with Crippen LogP contribution in [-0.4, -0.2) is 50.8 Å². The molecule has 0 aliphatic heterocycles. The molecule has 3 heterocycles. The second-order valence-corrected chi connectivity index (χ2v) is 8.14. The standard InChI is InChI=1S/C25H25N5O3/c1-32-22-8-5-18(23(11-22)33-2)16-30-24-19(14-28-30)10-20(13-27-24)25(31)29(21-6-7-21)15-17-4-3-9-26-12-17/h3-5,8-14,21H,6-7,15-16H2,1-2H3. The molecule has 0 atom stereocenters. The number of nitrogens with zero attached hydrogens (tertiary/aromatic N) is 5. The Morgan fingerprint density at radius 1 is 1.12 bits per heavy atom. The van der Waals surface area contributed by atoms with Crippen LogP contribution >= 0.6 is 0 Å². The van der Waals surface area contributed by atoms with E-state index in [1.54, 1.807) is 32.8 Å². The predicted octanol–water partition coefficient (Wildman–Crippen LogP) is 3.70. The van der Waals surface area contributed by atoms with E-state index in [9.17, 15) is 4.79 Å². The molecule has 33 heavy (non-hydrogen) atoms. The first kappa shape index (κ1) is 20.9. The van der Waals surface area contributed by atoms with Crippen LogP contribution in [-0.2, 0) is 13.1 Å². The van der Waals surface area contributed by atoms with Crippen LogP contribution < -0.4 is 9.47 Å². The van der Waals surface area contributed by atoms with E-state index in [1.165, 1.54) is 0 Å². The summed E-state index contributed by atoms with van der Waals surface area (Å²) in [6, 6.07) is 11.7. The van der Waals surface area contributed by atoms with Crippen LogP contribution in [0.3, 0.4) is 0 Å². The Morgan fingerprint density at radius 3 is 2.73 bits per heavy atom. The third-order valence-corrected chi connectivity index (χ3v) is 5.86. The zero-order chi connectivity index (χ0) is 22.8. The van der Waals surface area contributed by atoms with Crippen LogP contribution in [0.25, 0.3) is 11.0 Å². The Morgan fingerprint density at radius 2 is 2.00 bits per heavy atom. The molecule has 1 aliphatic carbocycles. The number of pyridine rings is 2. The van der Waals surface area contributed by atoms with Crippen molar-refractivity contribution in [3.63, 3.8) is 0 Å². The molecule has 0 bridgehead atoms. The molecule has 5 rings (SSSR count). The van der Waals surface area contributed by atoms with E-state index in [0.717, 1.165) is 46.5 Å². The lowest BCUT2D eigenvalue weighted by atomic mass is 10.1. The minimum atomic E-state index is -0.0136. The van der Waals surface area contributed by atoms with Crippen molar-refractivity contribution in [3.8, 4) is 11.5 Å². The Kier molecular flexibility index (Phi) is 5.64. The highest BCUT2D eigenvalue weighted by atomic mass is 16.5. The molecule has 8 nitrogen and oxygen atoms in total. The summed E-state index contributed by atoms with van der Waals surface area (Å²) in [6.07, 6.45) is 9.00. The van der Waals surface area contributed by atoms with Gasteiger partial charge in [0.25, 0.3) is 5.91 Å². The number of aromatic nitrogens is 4. The summed E-state index contributed by atoms with van der Waals surface area (Å²) in [7, 11) is 3.26. The lowest BCUT2D eigenvalue weighted by Crippen LogP contribution is -2.32. The van der Waals surface area contributed by atoms with Crippen LogP contribution in [0, 0.1) is 0 Å². The molecule has 1 amide bonds. The smallest absolute Gasteiger partial charge is 0.255 e. The fourth-order valence-corrected chi connectivity index (χ4v) is 3.96. The maximum Gasteiger partial charge on any atom is 0.255 e. The van der Waals surface area contributed by atoms with E-state index in [2.05, 4.69) is 15.1 Å². The predicted molar refractivity (Wildman–Crippen MR) is 123 cm³/mol. The van der Waals surface area contributed by atoms with Crippen LogP contribution in [0.4, 0.5) is 0 Å². The zero-order valence-corrected chi connectivity index (χ0v) is 18.6. The normalized spacial score (nSPS) is 13.2. The number of hydrogen-bond donors (Lipinski definition) is 0. The van der Waals surface area contributed by atoms with E-state index in [4.69, 9.17) is 9.47 Å². The minimum Gasteiger partial charge on any atom is -0.497 e.